The topological polar surface area (TPSA) is 60.9 Å². The predicted molar refractivity (Wildman–Crippen MR) is 85.4 cm³/mol. The van der Waals surface area contributed by atoms with Crippen LogP contribution in [0.5, 0.6) is 0 Å². The smallest absolute Gasteiger partial charge is 0.244 e. The van der Waals surface area contributed by atoms with Crippen molar-refractivity contribution in [2.45, 2.75) is 36.3 Å². The summed E-state index contributed by atoms with van der Waals surface area (Å²) >= 11 is 6.03. The maximum absolute atomic E-state index is 12.7. The van der Waals surface area contributed by atoms with Gasteiger partial charge in [-0.15, -0.1) is 0 Å². The highest BCUT2D eigenvalue weighted by molar-refractivity contribution is 7.89. The maximum Gasteiger partial charge on any atom is 0.244 e. The lowest BCUT2D eigenvalue weighted by molar-refractivity contribution is 0.0512. The zero-order valence-electron chi connectivity index (χ0n) is 12.4. The minimum Gasteiger partial charge on any atom is -0.391 e. The van der Waals surface area contributed by atoms with Crippen molar-refractivity contribution in [3.8, 4) is 0 Å². The zero-order chi connectivity index (χ0) is 15.7. The second-order valence-electron chi connectivity index (χ2n) is 5.94. The van der Waals surface area contributed by atoms with E-state index in [0.29, 0.717) is 26.2 Å². The number of nitrogens with zero attached hydrogens (tertiary/aromatic N) is 2. The van der Waals surface area contributed by atoms with Gasteiger partial charge in [0.25, 0.3) is 0 Å². The van der Waals surface area contributed by atoms with Gasteiger partial charge < -0.3 is 5.11 Å². The summed E-state index contributed by atoms with van der Waals surface area (Å²) in [5.74, 6) is 0. The molecule has 0 spiro atoms. The Hall–Kier alpha value is -0.660. The van der Waals surface area contributed by atoms with Crippen LogP contribution in [0, 0.1) is 0 Å². The molecule has 0 radical (unpaired) electrons. The molecule has 1 aliphatic heterocycles. The summed E-state index contributed by atoms with van der Waals surface area (Å²) in [7, 11) is -3.54. The van der Waals surface area contributed by atoms with Crippen LogP contribution in [0.2, 0.25) is 5.02 Å². The summed E-state index contributed by atoms with van der Waals surface area (Å²) in [4.78, 5) is 2.39. The molecule has 1 aromatic carbocycles. The average Bonchev–Trinajstić information content (AvgIpc) is 2.94. The van der Waals surface area contributed by atoms with E-state index < -0.39 is 10.0 Å². The molecule has 2 atom stereocenters. The number of rotatable bonds is 3. The molecule has 0 bridgehead atoms. The van der Waals surface area contributed by atoms with Crippen LogP contribution in [0.3, 0.4) is 0 Å². The molecule has 1 saturated carbocycles. The summed E-state index contributed by atoms with van der Waals surface area (Å²) in [5.41, 5.74) is 0. The van der Waals surface area contributed by atoms with Crippen LogP contribution in [0.15, 0.2) is 29.2 Å². The molecular formula is C15H21ClN2O3S. The first kappa shape index (κ1) is 16.2. The summed E-state index contributed by atoms with van der Waals surface area (Å²) in [6.45, 7) is 2.20. The van der Waals surface area contributed by atoms with Gasteiger partial charge >= 0.3 is 0 Å². The van der Waals surface area contributed by atoms with Gasteiger partial charge in [0.15, 0.2) is 0 Å². The molecule has 3 rings (SSSR count). The van der Waals surface area contributed by atoms with Crippen molar-refractivity contribution in [2.24, 2.45) is 0 Å². The first-order valence-electron chi connectivity index (χ1n) is 7.67. The van der Waals surface area contributed by atoms with Gasteiger partial charge in [-0.2, -0.15) is 4.31 Å². The molecule has 1 N–H and O–H groups in total. The Morgan fingerprint density at radius 2 is 1.77 bits per heavy atom. The van der Waals surface area contributed by atoms with Crippen LogP contribution in [-0.4, -0.2) is 61.1 Å². The van der Waals surface area contributed by atoms with Crippen molar-refractivity contribution in [2.75, 3.05) is 26.2 Å². The van der Waals surface area contributed by atoms with Gasteiger partial charge in [-0.1, -0.05) is 23.7 Å². The second-order valence-corrected chi connectivity index (χ2v) is 8.25. The molecule has 0 unspecified atom stereocenters. The molecule has 2 fully saturated rings. The van der Waals surface area contributed by atoms with E-state index in [9.17, 15) is 13.5 Å². The Morgan fingerprint density at radius 3 is 2.36 bits per heavy atom. The van der Waals surface area contributed by atoms with Gasteiger partial charge in [0, 0.05) is 32.2 Å². The molecular weight excluding hydrogens is 324 g/mol. The van der Waals surface area contributed by atoms with Gasteiger partial charge in [0.2, 0.25) is 10.0 Å². The Balaban J connectivity index is 1.69. The molecule has 1 aromatic rings. The molecule has 1 heterocycles. The number of aliphatic hydroxyl groups is 1. The van der Waals surface area contributed by atoms with Crippen LogP contribution in [0.1, 0.15) is 19.3 Å². The largest absolute Gasteiger partial charge is 0.391 e. The molecule has 2 aliphatic rings. The fourth-order valence-corrected chi connectivity index (χ4v) is 5.33. The summed E-state index contributed by atoms with van der Waals surface area (Å²) in [6, 6.07) is 6.74. The van der Waals surface area contributed by atoms with E-state index in [0.717, 1.165) is 19.3 Å². The van der Waals surface area contributed by atoms with Gasteiger partial charge in [-0.25, -0.2) is 8.42 Å². The third-order valence-electron chi connectivity index (χ3n) is 4.64. The first-order valence-corrected chi connectivity index (χ1v) is 9.49. The number of piperazine rings is 1. The van der Waals surface area contributed by atoms with Crippen molar-refractivity contribution < 1.29 is 13.5 Å². The molecule has 22 heavy (non-hydrogen) atoms. The number of hydrogen-bond donors (Lipinski definition) is 1. The molecule has 0 aromatic heterocycles. The van der Waals surface area contributed by atoms with Gasteiger partial charge in [0.1, 0.15) is 4.90 Å². The monoisotopic (exact) mass is 344 g/mol. The highest BCUT2D eigenvalue weighted by atomic mass is 35.5. The SMILES string of the molecule is O=S(=O)(c1ccccc1Cl)N1CCN([C@H]2CCC[C@@H]2O)CC1. The van der Waals surface area contributed by atoms with Crippen LogP contribution in [0.4, 0.5) is 0 Å². The molecule has 5 nitrogen and oxygen atoms in total. The maximum atomic E-state index is 12.7. The lowest BCUT2D eigenvalue weighted by Crippen LogP contribution is -2.53. The standard InChI is InChI=1S/C15H21ClN2O3S/c16-12-4-1-2-7-15(12)22(20,21)18-10-8-17(9-11-18)13-5-3-6-14(13)19/h1-2,4,7,13-14,19H,3,5-6,8-11H2/t13-,14-/m0/s1. The van der Waals surface area contributed by atoms with E-state index in [1.807, 2.05) is 0 Å². The van der Waals surface area contributed by atoms with Gasteiger partial charge in [-0.3, -0.25) is 4.90 Å². The lowest BCUT2D eigenvalue weighted by atomic mass is 10.1. The number of hydrogen-bond acceptors (Lipinski definition) is 4. The summed E-state index contributed by atoms with van der Waals surface area (Å²) in [6.07, 6.45) is 2.62. The Bertz CT molecular complexity index is 629. The van der Waals surface area contributed by atoms with Crippen LogP contribution in [-0.2, 0) is 10.0 Å². The fourth-order valence-electron chi connectivity index (χ4n) is 3.42. The zero-order valence-corrected chi connectivity index (χ0v) is 13.9. The first-order chi connectivity index (χ1) is 10.5. The summed E-state index contributed by atoms with van der Waals surface area (Å²) in [5, 5.41) is 10.3. The van der Waals surface area contributed by atoms with Gasteiger partial charge in [0.05, 0.1) is 11.1 Å². The molecule has 7 heteroatoms. The predicted octanol–water partition coefficient (Wildman–Crippen LogP) is 1.56. The van der Waals surface area contributed by atoms with Crippen molar-refractivity contribution in [1.29, 1.82) is 0 Å². The Morgan fingerprint density at radius 1 is 1.09 bits per heavy atom. The minimum absolute atomic E-state index is 0.172. The van der Waals surface area contributed by atoms with E-state index in [2.05, 4.69) is 4.90 Å². The van der Waals surface area contributed by atoms with Crippen molar-refractivity contribution >= 4 is 21.6 Å². The number of halogens is 1. The highest BCUT2D eigenvalue weighted by Crippen LogP contribution is 2.28. The number of benzene rings is 1. The normalized spacial score (nSPS) is 28.1. The van der Waals surface area contributed by atoms with Crippen molar-refractivity contribution in [1.82, 2.24) is 9.21 Å². The highest BCUT2D eigenvalue weighted by Gasteiger charge is 2.35. The second kappa shape index (κ2) is 6.45. The van der Waals surface area contributed by atoms with Gasteiger partial charge in [-0.05, 0) is 31.4 Å². The molecule has 122 valence electrons. The third-order valence-corrected chi connectivity index (χ3v) is 7.04. The van der Waals surface area contributed by atoms with E-state index in [4.69, 9.17) is 11.6 Å². The van der Waals surface area contributed by atoms with E-state index >= 15 is 0 Å². The summed E-state index contributed by atoms with van der Waals surface area (Å²) < 4.78 is 26.8. The quantitative estimate of drug-likeness (QED) is 0.904. The van der Waals surface area contributed by atoms with Crippen LogP contribution < -0.4 is 0 Å². The average molecular weight is 345 g/mol. The van der Waals surface area contributed by atoms with Crippen LogP contribution in [0.25, 0.3) is 0 Å². The van der Waals surface area contributed by atoms with Crippen molar-refractivity contribution in [3.05, 3.63) is 29.3 Å². The van der Waals surface area contributed by atoms with Crippen molar-refractivity contribution in [3.63, 3.8) is 0 Å². The lowest BCUT2D eigenvalue weighted by Gasteiger charge is -2.38. The third kappa shape index (κ3) is 3.03. The minimum atomic E-state index is -3.54. The van der Waals surface area contributed by atoms with E-state index in [1.54, 1.807) is 24.3 Å². The molecule has 1 aliphatic carbocycles. The molecule has 1 saturated heterocycles. The fraction of sp³-hybridized carbons (Fsp3) is 0.600. The Labute approximate surface area is 136 Å². The van der Waals surface area contributed by atoms with Crippen LogP contribution >= 0.6 is 11.6 Å². The Kier molecular flexibility index (Phi) is 4.75. The number of sulfonamides is 1. The van der Waals surface area contributed by atoms with E-state index in [1.165, 1.54) is 4.31 Å². The number of aliphatic hydroxyl groups excluding tert-OH is 1. The van der Waals surface area contributed by atoms with E-state index in [-0.39, 0.29) is 22.1 Å². The molecule has 0 amide bonds.